The molecule has 0 fully saturated rings. The van der Waals surface area contributed by atoms with Gasteiger partial charge in [0.1, 0.15) is 0 Å². The average Bonchev–Trinajstić information content (AvgIpc) is 2.74. The zero-order valence-corrected chi connectivity index (χ0v) is 17.8. The molecule has 29 heavy (non-hydrogen) atoms. The highest BCUT2D eigenvalue weighted by molar-refractivity contribution is 6.00. The van der Waals surface area contributed by atoms with E-state index in [4.69, 9.17) is 14.2 Å². The van der Waals surface area contributed by atoms with Crippen LogP contribution >= 0.6 is 0 Å². The molecule has 0 atom stereocenters. The third kappa shape index (κ3) is 9.31. The van der Waals surface area contributed by atoms with Crippen LogP contribution in [0.1, 0.15) is 37.3 Å². The number of ether oxygens (including phenoxy) is 3. The van der Waals surface area contributed by atoms with E-state index in [9.17, 15) is 0 Å². The predicted octanol–water partition coefficient (Wildman–Crippen LogP) is 4.55. The molecule has 0 N–H and O–H groups in total. The molecule has 0 aliphatic rings. The minimum Gasteiger partial charge on any atom is -0.379 e. The largest absolute Gasteiger partial charge is 0.379 e. The predicted molar refractivity (Wildman–Crippen MR) is 122 cm³/mol. The molecular weight excluding hydrogens is 364 g/mol. The summed E-state index contributed by atoms with van der Waals surface area (Å²) >= 11 is 0. The topological polar surface area (TPSA) is 52.4 Å². The zero-order valence-electron chi connectivity index (χ0n) is 17.8. The van der Waals surface area contributed by atoms with E-state index < -0.39 is 0 Å². The van der Waals surface area contributed by atoms with Crippen molar-refractivity contribution in [2.24, 2.45) is 9.98 Å². The first-order valence-corrected chi connectivity index (χ1v) is 10.5. The molecule has 0 saturated carbocycles. The molecule has 158 valence electrons. The van der Waals surface area contributed by atoms with E-state index >= 15 is 0 Å². The third-order valence-electron chi connectivity index (χ3n) is 4.41. The Bertz CT molecular complexity index is 759. The van der Waals surface area contributed by atoms with E-state index in [1.807, 2.05) is 12.4 Å². The van der Waals surface area contributed by atoms with Crippen LogP contribution in [-0.4, -0.2) is 65.7 Å². The van der Waals surface area contributed by atoms with Gasteiger partial charge in [-0.3, -0.25) is 9.98 Å². The van der Waals surface area contributed by atoms with Crippen LogP contribution in [0.5, 0.6) is 0 Å². The van der Waals surface area contributed by atoms with Crippen molar-refractivity contribution >= 4 is 23.2 Å². The lowest BCUT2D eigenvalue weighted by Gasteiger charge is -2.06. The number of hydrogen-bond acceptors (Lipinski definition) is 5. The number of fused-ring (bicyclic) bond motifs is 1. The van der Waals surface area contributed by atoms with E-state index in [0.29, 0.717) is 33.0 Å². The van der Waals surface area contributed by atoms with Gasteiger partial charge >= 0.3 is 0 Å². The lowest BCUT2D eigenvalue weighted by molar-refractivity contribution is 0.0140. The van der Waals surface area contributed by atoms with Crippen molar-refractivity contribution < 1.29 is 14.2 Å². The smallest absolute Gasteiger partial charge is 0.0701 e. The average molecular weight is 399 g/mol. The summed E-state index contributed by atoms with van der Waals surface area (Å²) in [5.41, 5.74) is 2.17. The Morgan fingerprint density at radius 2 is 1.31 bits per heavy atom. The van der Waals surface area contributed by atoms with Crippen LogP contribution in [0.3, 0.4) is 0 Å². The molecule has 2 aromatic carbocycles. The summed E-state index contributed by atoms with van der Waals surface area (Å²) in [7, 11) is 1.79. The van der Waals surface area contributed by atoms with Crippen molar-refractivity contribution in [3.05, 3.63) is 47.5 Å². The van der Waals surface area contributed by atoms with Crippen LogP contribution in [-0.2, 0) is 14.2 Å². The minimum absolute atomic E-state index is 0.608. The molecule has 0 radical (unpaired) electrons. The lowest BCUT2D eigenvalue weighted by atomic mass is 10.0. The Balaban J connectivity index is 1.61. The quantitative estimate of drug-likeness (QED) is 0.327. The number of unbranched alkanes of at least 4 members (excludes halogenated alkanes) is 1. The molecule has 0 amide bonds. The van der Waals surface area contributed by atoms with Gasteiger partial charge in [-0.2, -0.15) is 0 Å². The highest BCUT2D eigenvalue weighted by Crippen LogP contribution is 2.18. The monoisotopic (exact) mass is 398 g/mol. The first kappa shape index (κ1) is 23.2. The molecule has 0 aromatic heterocycles. The summed E-state index contributed by atoms with van der Waals surface area (Å²) < 4.78 is 16.5. The molecule has 0 unspecified atom stereocenters. The van der Waals surface area contributed by atoms with E-state index in [1.165, 1.54) is 10.8 Å². The standard InChI is InChI=1S/C24H34N2O3/c1-3-4-11-27-13-15-29-16-14-28-12-7-10-26-20-24-18-22-9-6-5-8-21(22)17-23(24)19-25-2/h5-6,8-9,17-20H,3-4,7,10-16H2,1-2H3. The van der Waals surface area contributed by atoms with Gasteiger partial charge in [-0.25, -0.2) is 0 Å². The van der Waals surface area contributed by atoms with Gasteiger partial charge in [0.2, 0.25) is 0 Å². The number of rotatable bonds is 15. The Morgan fingerprint density at radius 3 is 1.90 bits per heavy atom. The molecule has 5 heteroatoms. The minimum atomic E-state index is 0.608. The Hall–Kier alpha value is -2.08. The molecule has 0 bridgehead atoms. The number of benzene rings is 2. The maximum absolute atomic E-state index is 5.59. The number of aliphatic imine (C=N–C) groups is 2. The van der Waals surface area contributed by atoms with Gasteiger partial charge in [-0.15, -0.1) is 0 Å². The van der Waals surface area contributed by atoms with Crippen molar-refractivity contribution in [3.8, 4) is 0 Å². The van der Waals surface area contributed by atoms with Crippen LogP contribution in [0.25, 0.3) is 10.8 Å². The fraction of sp³-hybridized carbons (Fsp3) is 0.500. The second-order valence-corrected chi connectivity index (χ2v) is 6.80. The third-order valence-corrected chi connectivity index (χ3v) is 4.41. The van der Waals surface area contributed by atoms with Crippen molar-refractivity contribution in [2.45, 2.75) is 26.2 Å². The molecular formula is C24H34N2O3. The Morgan fingerprint density at radius 1 is 0.759 bits per heavy atom. The SMILES string of the molecule is CCCCOCCOCCOCCCN=Cc1cc2ccccc2cc1C=NC. The van der Waals surface area contributed by atoms with Crippen LogP contribution in [0, 0.1) is 0 Å². The zero-order chi connectivity index (χ0) is 20.6. The van der Waals surface area contributed by atoms with Gasteiger partial charge < -0.3 is 14.2 Å². The van der Waals surface area contributed by atoms with Gasteiger partial charge in [0.25, 0.3) is 0 Å². The van der Waals surface area contributed by atoms with E-state index in [2.05, 4.69) is 53.3 Å². The maximum Gasteiger partial charge on any atom is 0.0701 e. The van der Waals surface area contributed by atoms with Gasteiger partial charge in [0.05, 0.1) is 26.4 Å². The van der Waals surface area contributed by atoms with Gasteiger partial charge in [0.15, 0.2) is 0 Å². The van der Waals surface area contributed by atoms with Gasteiger partial charge in [0, 0.05) is 50.4 Å². The highest BCUT2D eigenvalue weighted by Gasteiger charge is 2.01. The summed E-state index contributed by atoms with van der Waals surface area (Å²) in [5.74, 6) is 0. The summed E-state index contributed by atoms with van der Waals surface area (Å²) in [6.45, 7) is 6.92. The summed E-state index contributed by atoms with van der Waals surface area (Å²) in [4.78, 5) is 8.72. The van der Waals surface area contributed by atoms with Crippen molar-refractivity contribution in [2.75, 3.05) is 53.2 Å². The number of nitrogens with zero attached hydrogens (tertiary/aromatic N) is 2. The lowest BCUT2D eigenvalue weighted by Crippen LogP contribution is -2.10. The molecule has 0 aliphatic carbocycles. The molecule has 0 spiro atoms. The first-order chi connectivity index (χ1) is 14.3. The van der Waals surface area contributed by atoms with Crippen LogP contribution in [0.4, 0.5) is 0 Å². The highest BCUT2D eigenvalue weighted by atomic mass is 16.5. The molecule has 0 saturated heterocycles. The van der Waals surface area contributed by atoms with Gasteiger partial charge in [-0.05, 0) is 35.7 Å². The normalized spacial score (nSPS) is 11.9. The Labute approximate surface area is 174 Å². The second-order valence-electron chi connectivity index (χ2n) is 6.80. The van der Waals surface area contributed by atoms with Crippen LogP contribution in [0.15, 0.2) is 46.4 Å². The summed E-state index contributed by atoms with van der Waals surface area (Å²) in [5, 5.41) is 2.42. The van der Waals surface area contributed by atoms with E-state index in [1.54, 1.807) is 7.05 Å². The van der Waals surface area contributed by atoms with Crippen molar-refractivity contribution in [1.82, 2.24) is 0 Å². The van der Waals surface area contributed by atoms with E-state index in [-0.39, 0.29) is 0 Å². The maximum atomic E-state index is 5.59. The molecule has 0 aliphatic heterocycles. The van der Waals surface area contributed by atoms with Crippen molar-refractivity contribution in [1.29, 1.82) is 0 Å². The fourth-order valence-electron chi connectivity index (χ4n) is 2.85. The summed E-state index contributed by atoms with van der Waals surface area (Å²) in [6.07, 6.45) is 6.98. The second kappa shape index (κ2) is 14.9. The van der Waals surface area contributed by atoms with Crippen molar-refractivity contribution in [3.63, 3.8) is 0 Å². The Kier molecular flexibility index (Phi) is 11.9. The van der Waals surface area contributed by atoms with Crippen LogP contribution in [0.2, 0.25) is 0 Å². The molecule has 0 heterocycles. The number of hydrogen-bond donors (Lipinski definition) is 0. The summed E-state index contributed by atoms with van der Waals surface area (Å²) in [6, 6.07) is 12.7. The van der Waals surface area contributed by atoms with E-state index in [0.717, 1.165) is 43.5 Å². The fourth-order valence-corrected chi connectivity index (χ4v) is 2.85. The molecule has 2 rings (SSSR count). The first-order valence-electron chi connectivity index (χ1n) is 10.5. The van der Waals surface area contributed by atoms with Crippen LogP contribution < -0.4 is 0 Å². The molecule has 2 aromatic rings. The molecule has 5 nitrogen and oxygen atoms in total. The van der Waals surface area contributed by atoms with Gasteiger partial charge in [-0.1, -0.05) is 37.6 Å².